The first-order valence-electron chi connectivity index (χ1n) is 10.2. The minimum Gasteiger partial charge on any atom is -0.369 e. The van der Waals surface area contributed by atoms with Crippen molar-refractivity contribution in [2.45, 2.75) is 44.6 Å². The average Bonchev–Trinajstić information content (AvgIpc) is 3.15. The van der Waals surface area contributed by atoms with Gasteiger partial charge < -0.3 is 10.6 Å². The zero-order chi connectivity index (χ0) is 21.9. The molecule has 3 rings (SSSR count). The van der Waals surface area contributed by atoms with Crippen molar-refractivity contribution in [3.8, 4) is 0 Å². The molecular formula is C19H28N6O4S. The van der Waals surface area contributed by atoms with Crippen molar-refractivity contribution in [3.05, 3.63) is 18.2 Å². The van der Waals surface area contributed by atoms with Crippen LogP contribution < -0.4 is 5.73 Å². The molecule has 0 bridgehead atoms. The van der Waals surface area contributed by atoms with Crippen LogP contribution in [0.1, 0.15) is 33.1 Å². The van der Waals surface area contributed by atoms with E-state index in [9.17, 15) is 18.0 Å². The molecule has 0 unspecified atom stereocenters. The highest BCUT2D eigenvalue weighted by Gasteiger charge is 2.26. The number of aryl methyl sites for hydroxylation is 1. The Labute approximate surface area is 176 Å². The molecule has 1 fully saturated rings. The van der Waals surface area contributed by atoms with Crippen molar-refractivity contribution in [1.82, 2.24) is 24.2 Å². The molecule has 1 aromatic heterocycles. The Morgan fingerprint density at radius 2 is 1.87 bits per heavy atom. The third-order valence-corrected chi connectivity index (χ3v) is 7.66. The quantitative estimate of drug-likeness (QED) is 0.644. The lowest BCUT2D eigenvalue weighted by molar-refractivity contribution is -0.135. The topological polar surface area (TPSA) is 131 Å². The lowest BCUT2D eigenvalue weighted by Gasteiger charge is -2.30. The Morgan fingerprint density at radius 1 is 1.20 bits per heavy atom. The second-order valence-corrected chi connectivity index (χ2v) is 9.30. The maximum absolute atomic E-state index is 12.7. The van der Waals surface area contributed by atoms with E-state index in [1.165, 1.54) is 10.4 Å². The Balaban J connectivity index is 1.67. The van der Waals surface area contributed by atoms with Crippen LogP contribution in [-0.2, 0) is 26.2 Å². The Bertz CT molecular complexity index is 1020. The smallest absolute Gasteiger partial charge is 0.243 e. The fraction of sp³-hybridized carbons (Fsp3) is 0.579. The van der Waals surface area contributed by atoms with Gasteiger partial charge >= 0.3 is 0 Å². The van der Waals surface area contributed by atoms with Gasteiger partial charge in [0.2, 0.25) is 21.8 Å². The van der Waals surface area contributed by atoms with Crippen LogP contribution in [0.3, 0.4) is 0 Å². The Morgan fingerprint density at radius 3 is 2.47 bits per heavy atom. The molecule has 2 amide bonds. The van der Waals surface area contributed by atoms with E-state index in [1.807, 2.05) is 0 Å². The first-order chi connectivity index (χ1) is 14.3. The fourth-order valence-electron chi connectivity index (χ4n) is 3.76. The molecule has 0 aliphatic carbocycles. The van der Waals surface area contributed by atoms with Gasteiger partial charge in [0.15, 0.2) is 0 Å². The van der Waals surface area contributed by atoms with Gasteiger partial charge in [-0.25, -0.2) is 13.1 Å². The summed E-state index contributed by atoms with van der Waals surface area (Å²) in [6, 6.07) is 4.74. The predicted octanol–water partition coefficient (Wildman–Crippen LogP) is 0.576. The van der Waals surface area contributed by atoms with E-state index in [4.69, 9.17) is 5.73 Å². The van der Waals surface area contributed by atoms with E-state index in [-0.39, 0.29) is 29.0 Å². The summed E-state index contributed by atoms with van der Waals surface area (Å²) in [6.45, 7) is 5.76. The second-order valence-electron chi connectivity index (χ2n) is 7.36. The van der Waals surface area contributed by atoms with Gasteiger partial charge in [-0.05, 0) is 31.0 Å². The largest absolute Gasteiger partial charge is 0.369 e. The lowest BCUT2D eigenvalue weighted by Crippen LogP contribution is -2.42. The lowest BCUT2D eigenvalue weighted by atomic mass is 9.96. The molecule has 11 heteroatoms. The molecule has 2 aromatic rings. The number of hydrogen-bond donors (Lipinski definition) is 1. The van der Waals surface area contributed by atoms with Gasteiger partial charge in [0, 0.05) is 38.5 Å². The van der Waals surface area contributed by atoms with Crippen molar-refractivity contribution in [1.29, 1.82) is 0 Å². The van der Waals surface area contributed by atoms with E-state index in [0.717, 1.165) is 0 Å². The molecule has 164 valence electrons. The normalized spacial score (nSPS) is 15.8. The van der Waals surface area contributed by atoms with Crippen LogP contribution in [-0.4, -0.2) is 70.6 Å². The van der Waals surface area contributed by atoms with E-state index in [0.29, 0.717) is 56.6 Å². The number of rotatable bonds is 8. The van der Waals surface area contributed by atoms with Crippen molar-refractivity contribution < 1.29 is 18.0 Å². The van der Waals surface area contributed by atoms with Crippen LogP contribution in [0, 0.1) is 5.92 Å². The fourth-order valence-corrected chi connectivity index (χ4v) is 5.24. The maximum Gasteiger partial charge on any atom is 0.243 e. The molecule has 1 saturated heterocycles. The number of hydrogen-bond acceptors (Lipinski definition) is 6. The number of piperidine rings is 1. The zero-order valence-electron chi connectivity index (χ0n) is 17.3. The van der Waals surface area contributed by atoms with Crippen molar-refractivity contribution in [2.24, 2.45) is 11.7 Å². The Kier molecular flexibility index (Phi) is 6.71. The van der Waals surface area contributed by atoms with E-state index in [1.54, 1.807) is 35.6 Å². The molecule has 30 heavy (non-hydrogen) atoms. The molecule has 1 aromatic carbocycles. The SMILES string of the molecule is CCN(CC)S(=O)(=O)c1ccc2c(c1)nnn2CCC(=O)N1CCC(C(N)=O)CC1. The van der Waals surface area contributed by atoms with Gasteiger partial charge in [-0.15, -0.1) is 5.10 Å². The molecule has 1 aliphatic rings. The minimum atomic E-state index is -3.57. The third-order valence-electron chi connectivity index (χ3n) is 5.62. The molecular weight excluding hydrogens is 408 g/mol. The van der Waals surface area contributed by atoms with E-state index in [2.05, 4.69) is 10.3 Å². The number of likely N-dealkylation sites (tertiary alicyclic amines) is 1. The van der Waals surface area contributed by atoms with Gasteiger partial charge in [0.25, 0.3) is 0 Å². The predicted molar refractivity (Wildman–Crippen MR) is 111 cm³/mol. The number of fused-ring (bicyclic) bond motifs is 1. The standard InChI is InChI=1S/C19H28N6O4S/c1-3-24(4-2)30(28,29)15-5-6-17-16(13-15)21-22-25(17)12-9-18(26)23-10-7-14(8-11-23)19(20)27/h5-6,13-14H,3-4,7-12H2,1-2H3,(H2,20,27). The molecule has 0 spiro atoms. The Hall–Kier alpha value is -2.53. The number of benzene rings is 1. The summed E-state index contributed by atoms with van der Waals surface area (Å²) in [5, 5.41) is 8.16. The van der Waals surface area contributed by atoms with Gasteiger partial charge in [-0.3, -0.25) is 9.59 Å². The van der Waals surface area contributed by atoms with E-state index >= 15 is 0 Å². The summed E-state index contributed by atoms with van der Waals surface area (Å²) < 4.78 is 28.4. The first-order valence-corrected chi connectivity index (χ1v) is 11.6. The van der Waals surface area contributed by atoms with Crippen LogP contribution in [0.5, 0.6) is 0 Å². The van der Waals surface area contributed by atoms with Gasteiger partial charge in [-0.1, -0.05) is 19.1 Å². The number of sulfonamides is 1. The second kappa shape index (κ2) is 9.09. The molecule has 2 N–H and O–H groups in total. The van der Waals surface area contributed by atoms with Gasteiger partial charge in [0.1, 0.15) is 5.52 Å². The van der Waals surface area contributed by atoms with Gasteiger partial charge in [-0.2, -0.15) is 4.31 Å². The van der Waals surface area contributed by atoms with Crippen molar-refractivity contribution >= 4 is 32.9 Å². The van der Waals surface area contributed by atoms with E-state index < -0.39 is 10.0 Å². The van der Waals surface area contributed by atoms with Gasteiger partial charge in [0.05, 0.1) is 17.0 Å². The number of primary amides is 1. The summed E-state index contributed by atoms with van der Waals surface area (Å²) in [6.07, 6.45) is 1.44. The van der Waals surface area contributed by atoms with Crippen LogP contribution in [0.25, 0.3) is 11.0 Å². The summed E-state index contributed by atoms with van der Waals surface area (Å²) in [4.78, 5) is 25.7. The number of carbonyl (C=O) groups excluding carboxylic acids is 2. The van der Waals surface area contributed by atoms with Crippen LogP contribution in [0.15, 0.2) is 23.1 Å². The highest BCUT2D eigenvalue weighted by Crippen LogP contribution is 2.21. The number of carbonyl (C=O) groups is 2. The summed E-state index contributed by atoms with van der Waals surface area (Å²) in [7, 11) is -3.57. The van der Waals surface area contributed by atoms with Crippen LogP contribution in [0.4, 0.5) is 0 Å². The molecule has 1 aliphatic heterocycles. The summed E-state index contributed by atoms with van der Waals surface area (Å²) >= 11 is 0. The monoisotopic (exact) mass is 436 g/mol. The zero-order valence-corrected chi connectivity index (χ0v) is 18.1. The van der Waals surface area contributed by atoms with Crippen LogP contribution >= 0.6 is 0 Å². The number of nitrogens with two attached hydrogens (primary N) is 1. The number of amides is 2. The average molecular weight is 437 g/mol. The molecule has 0 atom stereocenters. The number of aromatic nitrogens is 3. The van der Waals surface area contributed by atoms with Crippen molar-refractivity contribution in [3.63, 3.8) is 0 Å². The molecule has 0 radical (unpaired) electrons. The molecule has 2 heterocycles. The minimum absolute atomic E-state index is 0.0118. The highest BCUT2D eigenvalue weighted by atomic mass is 32.2. The van der Waals surface area contributed by atoms with Crippen molar-refractivity contribution in [2.75, 3.05) is 26.2 Å². The molecule has 10 nitrogen and oxygen atoms in total. The number of nitrogens with zero attached hydrogens (tertiary/aromatic N) is 5. The highest BCUT2D eigenvalue weighted by molar-refractivity contribution is 7.89. The third kappa shape index (κ3) is 4.46. The maximum atomic E-state index is 12.7. The summed E-state index contributed by atoms with van der Waals surface area (Å²) in [5.74, 6) is -0.476. The molecule has 0 saturated carbocycles. The summed E-state index contributed by atoms with van der Waals surface area (Å²) in [5.41, 5.74) is 6.48. The first kappa shape index (κ1) is 22.2. The van der Waals surface area contributed by atoms with Crippen LogP contribution in [0.2, 0.25) is 0 Å².